The summed E-state index contributed by atoms with van der Waals surface area (Å²) in [6.07, 6.45) is 2.55. The van der Waals surface area contributed by atoms with Crippen LogP contribution < -0.4 is 0 Å². The van der Waals surface area contributed by atoms with Gasteiger partial charge < -0.3 is 0 Å². The lowest BCUT2D eigenvalue weighted by atomic mass is 9.71. The van der Waals surface area contributed by atoms with Crippen molar-refractivity contribution in [3.8, 4) is 0 Å². The molecule has 0 aromatic carbocycles. The average Bonchev–Trinajstić information content (AvgIpc) is 1.86. The molecule has 0 saturated heterocycles. The van der Waals surface area contributed by atoms with Gasteiger partial charge in [0.1, 0.15) is 0 Å². The van der Waals surface area contributed by atoms with Crippen molar-refractivity contribution in [3.05, 3.63) is 6.92 Å². The van der Waals surface area contributed by atoms with Crippen LogP contribution in [0.2, 0.25) is 0 Å². The molecule has 0 radical (unpaired) electrons. The van der Waals surface area contributed by atoms with Gasteiger partial charge in [0.25, 0.3) is 0 Å². The van der Waals surface area contributed by atoms with Crippen molar-refractivity contribution in [3.63, 3.8) is 0 Å². The summed E-state index contributed by atoms with van der Waals surface area (Å²) >= 11 is 0. The van der Waals surface area contributed by atoms with Crippen molar-refractivity contribution in [2.45, 2.75) is 47.5 Å². The average molecular weight is 155 g/mol. The predicted molar refractivity (Wildman–Crippen MR) is 52.4 cm³/mol. The van der Waals surface area contributed by atoms with E-state index in [2.05, 4.69) is 41.5 Å². The van der Waals surface area contributed by atoms with Gasteiger partial charge >= 0.3 is 0 Å². The lowest BCUT2D eigenvalue weighted by Gasteiger charge is -2.30. The smallest absolute Gasteiger partial charge is 0.0647 e. The molecule has 0 heteroatoms. The minimum atomic E-state index is 0.453. The van der Waals surface area contributed by atoms with Gasteiger partial charge in [-0.2, -0.15) is 0 Å². The van der Waals surface area contributed by atoms with E-state index in [0.29, 0.717) is 11.3 Å². The first-order valence-electron chi connectivity index (χ1n) is 4.75. The minimum Gasteiger partial charge on any atom is -0.0647 e. The van der Waals surface area contributed by atoms with Crippen LogP contribution in [0, 0.1) is 24.2 Å². The molecule has 0 aliphatic heterocycles. The molecule has 0 rings (SSSR count). The third-order valence-corrected chi connectivity index (χ3v) is 2.87. The molecule has 0 aromatic rings. The first kappa shape index (κ1) is 10.9. The largest absolute Gasteiger partial charge is 0.0978 e. The highest BCUT2D eigenvalue weighted by atomic mass is 14.3. The Balaban J connectivity index is 4.10. The molecule has 2 atom stereocenters. The predicted octanol–water partition coefficient (Wildman–Crippen LogP) is 3.92. The van der Waals surface area contributed by atoms with Crippen LogP contribution >= 0.6 is 0 Å². The lowest BCUT2D eigenvalue weighted by Crippen LogP contribution is -2.24. The van der Waals surface area contributed by atoms with Gasteiger partial charge in [-0.1, -0.05) is 27.7 Å². The first-order chi connectivity index (χ1) is 4.92. The van der Waals surface area contributed by atoms with E-state index in [1.165, 1.54) is 12.8 Å². The normalized spacial score (nSPS) is 19.8. The molecule has 0 aromatic heterocycles. The number of hydrogen-bond donors (Lipinski definition) is 0. The third kappa shape index (κ3) is 3.18. The van der Waals surface area contributed by atoms with Crippen LogP contribution in [-0.2, 0) is 0 Å². The molecule has 0 heterocycles. The molecule has 0 aliphatic rings. The quantitative estimate of drug-likeness (QED) is 0.540. The highest BCUT2D eigenvalue weighted by molar-refractivity contribution is 4.80. The van der Waals surface area contributed by atoms with Gasteiger partial charge in [0.05, 0.1) is 12.8 Å². The summed E-state index contributed by atoms with van der Waals surface area (Å²) in [5.74, 6) is 1.36. The summed E-state index contributed by atoms with van der Waals surface area (Å²) in [5, 5.41) is 0. The SMILES string of the molecule is [CH2+]C(C)C(C)(CC)CC(C)C. The summed E-state index contributed by atoms with van der Waals surface area (Å²) in [5.41, 5.74) is 0.453. The van der Waals surface area contributed by atoms with E-state index in [9.17, 15) is 0 Å². The standard InChI is InChI=1S/C11H23/c1-7-11(6,10(4)5)8-9(2)3/h9-10H,4,7-8H2,1-3,5-6H3/q+1. The Bertz CT molecular complexity index is 103. The Labute approximate surface area is 72.4 Å². The Morgan fingerprint density at radius 2 is 1.73 bits per heavy atom. The molecule has 0 aliphatic carbocycles. The fraction of sp³-hybridized carbons (Fsp3) is 0.909. The van der Waals surface area contributed by atoms with E-state index in [1.807, 2.05) is 0 Å². The fourth-order valence-corrected chi connectivity index (χ4v) is 1.63. The summed E-state index contributed by atoms with van der Waals surface area (Å²) in [4.78, 5) is 0. The van der Waals surface area contributed by atoms with Gasteiger partial charge in [-0.3, -0.25) is 0 Å². The van der Waals surface area contributed by atoms with Crippen LogP contribution in [-0.4, -0.2) is 0 Å². The van der Waals surface area contributed by atoms with Crippen molar-refractivity contribution < 1.29 is 0 Å². The van der Waals surface area contributed by atoms with Crippen LogP contribution in [0.3, 0.4) is 0 Å². The van der Waals surface area contributed by atoms with E-state index < -0.39 is 0 Å². The van der Waals surface area contributed by atoms with Crippen LogP contribution in [0.5, 0.6) is 0 Å². The second kappa shape index (κ2) is 4.04. The zero-order valence-electron chi connectivity index (χ0n) is 8.78. The minimum absolute atomic E-state index is 0.453. The second-order valence-corrected chi connectivity index (χ2v) is 4.51. The zero-order valence-corrected chi connectivity index (χ0v) is 8.78. The highest BCUT2D eigenvalue weighted by Gasteiger charge is 2.31. The van der Waals surface area contributed by atoms with Gasteiger partial charge in [0.2, 0.25) is 0 Å². The monoisotopic (exact) mass is 155 g/mol. The van der Waals surface area contributed by atoms with Crippen molar-refractivity contribution in [2.24, 2.45) is 17.3 Å². The maximum atomic E-state index is 4.13. The molecule has 0 nitrogen and oxygen atoms in total. The van der Waals surface area contributed by atoms with Crippen LogP contribution in [0.4, 0.5) is 0 Å². The fourth-order valence-electron chi connectivity index (χ4n) is 1.63. The molecule has 11 heavy (non-hydrogen) atoms. The van der Waals surface area contributed by atoms with E-state index in [-0.39, 0.29) is 0 Å². The zero-order chi connectivity index (χ0) is 9.07. The topological polar surface area (TPSA) is 0 Å². The van der Waals surface area contributed by atoms with Crippen LogP contribution in [0.15, 0.2) is 0 Å². The molecule has 0 saturated carbocycles. The van der Waals surface area contributed by atoms with Gasteiger partial charge in [-0.25, -0.2) is 0 Å². The third-order valence-electron chi connectivity index (χ3n) is 2.87. The Kier molecular flexibility index (Phi) is 3.99. The second-order valence-electron chi connectivity index (χ2n) is 4.51. The summed E-state index contributed by atoms with van der Waals surface area (Å²) in [6, 6.07) is 0. The van der Waals surface area contributed by atoms with E-state index in [0.717, 1.165) is 5.92 Å². The highest BCUT2D eigenvalue weighted by Crippen LogP contribution is 2.36. The molecule has 66 valence electrons. The molecular weight excluding hydrogens is 132 g/mol. The molecule has 0 N–H and O–H groups in total. The van der Waals surface area contributed by atoms with Crippen molar-refractivity contribution in [1.29, 1.82) is 0 Å². The molecule has 0 bridgehead atoms. The summed E-state index contributed by atoms with van der Waals surface area (Å²) in [6.45, 7) is 15.6. The van der Waals surface area contributed by atoms with Gasteiger partial charge in [0, 0.05) is 5.41 Å². The first-order valence-corrected chi connectivity index (χ1v) is 4.75. The van der Waals surface area contributed by atoms with Crippen LogP contribution in [0.1, 0.15) is 47.5 Å². The van der Waals surface area contributed by atoms with Gasteiger partial charge in [-0.05, 0) is 25.7 Å². The van der Waals surface area contributed by atoms with Crippen molar-refractivity contribution in [1.82, 2.24) is 0 Å². The molecule has 0 fully saturated rings. The molecule has 2 unspecified atom stereocenters. The van der Waals surface area contributed by atoms with E-state index in [4.69, 9.17) is 0 Å². The maximum absolute atomic E-state index is 4.13. The summed E-state index contributed by atoms with van der Waals surface area (Å²) < 4.78 is 0. The van der Waals surface area contributed by atoms with E-state index >= 15 is 0 Å². The van der Waals surface area contributed by atoms with Gasteiger partial charge in [0.15, 0.2) is 0 Å². The number of rotatable bonds is 4. The van der Waals surface area contributed by atoms with Gasteiger partial charge in [-0.15, -0.1) is 0 Å². The maximum Gasteiger partial charge on any atom is 0.0978 e. The van der Waals surface area contributed by atoms with Crippen molar-refractivity contribution >= 4 is 0 Å². The Morgan fingerprint density at radius 1 is 1.27 bits per heavy atom. The molecular formula is C11H23+. The Hall–Kier alpha value is -0.130. The Morgan fingerprint density at radius 3 is 1.82 bits per heavy atom. The lowest BCUT2D eigenvalue weighted by molar-refractivity contribution is 0.182. The van der Waals surface area contributed by atoms with E-state index in [1.54, 1.807) is 0 Å². The number of hydrogen-bond acceptors (Lipinski definition) is 0. The van der Waals surface area contributed by atoms with Crippen molar-refractivity contribution in [2.75, 3.05) is 0 Å². The molecule has 0 spiro atoms. The summed E-state index contributed by atoms with van der Waals surface area (Å²) in [7, 11) is 0. The molecule has 0 amide bonds. The van der Waals surface area contributed by atoms with Crippen LogP contribution in [0.25, 0.3) is 0 Å².